The Morgan fingerprint density at radius 3 is 2.39 bits per heavy atom. The molecular weight excluding hydrogens is 226 g/mol. The number of carbonyl (C=O) groups is 1. The maximum atomic E-state index is 11.4. The zero-order chi connectivity index (χ0) is 13.0. The van der Waals surface area contributed by atoms with Crippen molar-refractivity contribution in [2.24, 2.45) is 11.7 Å². The van der Waals surface area contributed by atoms with Gasteiger partial charge in [0.05, 0.1) is 0 Å². The molecule has 1 saturated carbocycles. The smallest absolute Gasteiger partial charge is 0.304 e. The fraction of sp³-hybridized carbons (Fsp3) is 0.533. The van der Waals surface area contributed by atoms with Crippen LogP contribution in [0.1, 0.15) is 44.6 Å². The summed E-state index contributed by atoms with van der Waals surface area (Å²) in [5.74, 6) is -0.0931. The van der Waals surface area contributed by atoms with Crippen LogP contribution in [0.3, 0.4) is 0 Å². The van der Waals surface area contributed by atoms with Gasteiger partial charge in [0, 0.05) is 18.4 Å². The topological polar surface area (TPSA) is 52.3 Å². The van der Waals surface area contributed by atoms with Gasteiger partial charge in [-0.1, -0.05) is 49.6 Å². The Labute approximate surface area is 108 Å². The predicted molar refractivity (Wildman–Crippen MR) is 70.6 cm³/mol. The van der Waals surface area contributed by atoms with E-state index in [9.17, 15) is 4.79 Å². The van der Waals surface area contributed by atoms with Crippen LogP contribution in [0.2, 0.25) is 0 Å². The maximum absolute atomic E-state index is 11.4. The van der Waals surface area contributed by atoms with Gasteiger partial charge < -0.3 is 4.74 Å². The van der Waals surface area contributed by atoms with E-state index in [4.69, 9.17) is 10.5 Å². The molecule has 0 aromatic heterocycles. The molecule has 2 N–H and O–H groups in total. The first kappa shape index (κ1) is 13.1. The van der Waals surface area contributed by atoms with E-state index in [2.05, 4.69) is 0 Å². The summed E-state index contributed by atoms with van der Waals surface area (Å²) < 4.78 is 5.50. The third kappa shape index (κ3) is 2.72. The Morgan fingerprint density at radius 2 is 1.83 bits per heavy atom. The van der Waals surface area contributed by atoms with Gasteiger partial charge in [0.1, 0.15) is 0 Å². The Kier molecular flexibility index (Phi) is 4.02. The van der Waals surface area contributed by atoms with Gasteiger partial charge in [-0.15, -0.1) is 0 Å². The van der Waals surface area contributed by atoms with E-state index >= 15 is 0 Å². The highest BCUT2D eigenvalue weighted by Crippen LogP contribution is 2.38. The van der Waals surface area contributed by atoms with Crippen molar-refractivity contribution in [1.82, 2.24) is 0 Å². The highest BCUT2D eigenvalue weighted by Gasteiger charge is 2.40. The first-order chi connectivity index (χ1) is 8.63. The summed E-state index contributed by atoms with van der Waals surface area (Å²) in [4.78, 5) is 11.4. The largest absolute Gasteiger partial charge is 0.440 e. The van der Waals surface area contributed by atoms with E-state index < -0.39 is 5.72 Å². The Balaban J connectivity index is 2.30. The minimum atomic E-state index is -0.965. The number of carbonyl (C=O) groups excluding carboxylic acids is 1. The molecule has 0 radical (unpaired) electrons. The van der Waals surface area contributed by atoms with E-state index in [0.29, 0.717) is 0 Å². The molecule has 0 saturated heterocycles. The second-order valence-corrected chi connectivity index (χ2v) is 5.09. The fourth-order valence-electron chi connectivity index (χ4n) is 2.85. The zero-order valence-electron chi connectivity index (χ0n) is 10.9. The van der Waals surface area contributed by atoms with Gasteiger partial charge in [-0.2, -0.15) is 0 Å². The number of nitrogens with two attached hydrogens (primary N) is 1. The minimum Gasteiger partial charge on any atom is -0.440 e. The van der Waals surface area contributed by atoms with Crippen molar-refractivity contribution in [3.8, 4) is 0 Å². The van der Waals surface area contributed by atoms with Crippen LogP contribution in [-0.2, 0) is 15.3 Å². The van der Waals surface area contributed by atoms with Crippen LogP contribution in [-0.4, -0.2) is 5.97 Å². The van der Waals surface area contributed by atoms with Crippen LogP contribution < -0.4 is 5.73 Å². The lowest BCUT2D eigenvalue weighted by atomic mass is 9.78. The lowest BCUT2D eigenvalue weighted by molar-refractivity contribution is -0.166. The molecule has 98 valence electrons. The summed E-state index contributed by atoms with van der Waals surface area (Å²) >= 11 is 0. The standard InChI is InChI=1S/C15H21NO2/c1-12(17)18-15(16,13-8-4-2-5-9-13)14-10-6-3-7-11-14/h2,4-5,8-9,14H,3,6-7,10-11,16H2,1H3. The molecule has 0 bridgehead atoms. The van der Waals surface area contributed by atoms with E-state index in [1.807, 2.05) is 30.3 Å². The lowest BCUT2D eigenvalue weighted by Crippen LogP contribution is -2.48. The third-order valence-electron chi connectivity index (χ3n) is 3.75. The van der Waals surface area contributed by atoms with Gasteiger partial charge in [0.2, 0.25) is 0 Å². The molecular formula is C15H21NO2. The van der Waals surface area contributed by atoms with E-state index in [1.54, 1.807) is 0 Å². The number of hydrogen-bond acceptors (Lipinski definition) is 3. The van der Waals surface area contributed by atoms with Crippen molar-refractivity contribution >= 4 is 5.97 Å². The van der Waals surface area contributed by atoms with Crippen LogP contribution in [0.25, 0.3) is 0 Å². The van der Waals surface area contributed by atoms with Crippen LogP contribution in [0.5, 0.6) is 0 Å². The van der Waals surface area contributed by atoms with Gasteiger partial charge in [-0.3, -0.25) is 10.5 Å². The molecule has 1 aliphatic carbocycles. The molecule has 1 fully saturated rings. The Hall–Kier alpha value is -1.35. The Morgan fingerprint density at radius 1 is 1.22 bits per heavy atom. The SMILES string of the molecule is CC(=O)OC(N)(c1ccccc1)C1CCCCC1. The monoisotopic (exact) mass is 247 g/mol. The van der Waals surface area contributed by atoms with Crippen molar-refractivity contribution < 1.29 is 9.53 Å². The number of benzene rings is 1. The number of rotatable bonds is 3. The molecule has 0 amide bonds. The maximum Gasteiger partial charge on any atom is 0.304 e. The van der Waals surface area contributed by atoms with E-state index in [1.165, 1.54) is 13.3 Å². The molecule has 1 aromatic carbocycles. The third-order valence-corrected chi connectivity index (χ3v) is 3.75. The first-order valence-electron chi connectivity index (χ1n) is 6.67. The van der Waals surface area contributed by atoms with Crippen molar-refractivity contribution in [2.75, 3.05) is 0 Å². The van der Waals surface area contributed by atoms with Gasteiger partial charge in [-0.25, -0.2) is 0 Å². The molecule has 1 aliphatic rings. The molecule has 0 heterocycles. The summed E-state index contributed by atoms with van der Waals surface area (Å²) in [5.41, 5.74) is 6.38. The van der Waals surface area contributed by atoms with Crippen LogP contribution in [0.15, 0.2) is 30.3 Å². The molecule has 1 atom stereocenters. The Bertz CT molecular complexity index is 398. The summed E-state index contributed by atoms with van der Waals surface area (Å²) in [7, 11) is 0. The molecule has 1 unspecified atom stereocenters. The van der Waals surface area contributed by atoms with Gasteiger partial charge in [-0.05, 0) is 12.8 Å². The molecule has 3 heteroatoms. The van der Waals surface area contributed by atoms with Crippen molar-refractivity contribution in [3.05, 3.63) is 35.9 Å². The highest BCUT2D eigenvalue weighted by molar-refractivity contribution is 5.66. The van der Waals surface area contributed by atoms with Crippen molar-refractivity contribution in [2.45, 2.75) is 44.8 Å². The molecule has 0 spiro atoms. The van der Waals surface area contributed by atoms with Gasteiger partial charge in [0.15, 0.2) is 5.72 Å². The van der Waals surface area contributed by atoms with Crippen LogP contribution >= 0.6 is 0 Å². The van der Waals surface area contributed by atoms with E-state index in [0.717, 1.165) is 31.2 Å². The molecule has 18 heavy (non-hydrogen) atoms. The van der Waals surface area contributed by atoms with Crippen LogP contribution in [0, 0.1) is 5.92 Å². The molecule has 3 nitrogen and oxygen atoms in total. The van der Waals surface area contributed by atoms with Gasteiger partial charge in [0.25, 0.3) is 0 Å². The number of hydrogen-bond donors (Lipinski definition) is 1. The quantitative estimate of drug-likeness (QED) is 0.660. The molecule has 0 aliphatic heterocycles. The fourth-order valence-corrected chi connectivity index (χ4v) is 2.85. The zero-order valence-corrected chi connectivity index (χ0v) is 10.9. The normalized spacial score (nSPS) is 20.1. The summed E-state index contributed by atoms with van der Waals surface area (Å²) in [6, 6.07) is 9.69. The number of esters is 1. The molecule has 1 aromatic rings. The molecule has 2 rings (SSSR count). The van der Waals surface area contributed by atoms with Crippen LogP contribution in [0.4, 0.5) is 0 Å². The highest BCUT2D eigenvalue weighted by atomic mass is 16.6. The first-order valence-corrected chi connectivity index (χ1v) is 6.67. The summed E-state index contributed by atoms with van der Waals surface area (Å²) in [6.07, 6.45) is 5.63. The van der Waals surface area contributed by atoms with Gasteiger partial charge >= 0.3 is 5.97 Å². The minimum absolute atomic E-state index is 0.220. The number of ether oxygens (including phenoxy) is 1. The van der Waals surface area contributed by atoms with E-state index in [-0.39, 0.29) is 11.9 Å². The predicted octanol–water partition coefficient (Wildman–Crippen LogP) is 2.94. The lowest BCUT2D eigenvalue weighted by Gasteiger charge is -2.39. The van der Waals surface area contributed by atoms with Crippen molar-refractivity contribution in [3.63, 3.8) is 0 Å². The summed E-state index contributed by atoms with van der Waals surface area (Å²) in [6.45, 7) is 1.42. The average molecular weight is 247 g/mol. The average Bonchev–Trinajstić information content (AvgIpc) is 2.40. The second-order valence-electron chi connectivity index (χ2n) is 5.09. The van der Waals surface area contributed by atoms with Crippen molar-refractivity contribution in [1.29, 1.82) is 0 Å². The second kappa shape index (κ2) is 5.53. The summed E-state index contributed by atoms with van der Waals surface area (Å²) in [5, 5.41) is 0.